The average Bonchev–Trinajstić information content (AvgIpc) is 2.37. The highest BCUT2D eigenvalue weighted by Crippen LogP contribution is 2.20. The largest absolute Gasteiger partial charge is 0.393 e. The van der Waals surface area contributed by atoms with Crippen LogP contribution >= 0.6 is 11.3 Å². The average molecular weight is 146 g/mol. The van der Waals surface area contributed by atoms with Crippen LogP contribution in [0, 0.1) is 0 Å². The SMILES string of the molecule is OCC(F)c1cccs1. The molecule has 1 aromatic rings. The molecule has 9 heavy (non-hydrogen) atoms. The summed E-state index contributed by atoms with van der Waals surface area (Å²) >= 11 is 1.32. The predicted octanol–water partition coefficient (Wildman–Crippen LogP) is 1.75. The van der Waals surface area contributed by atoms with E-state index in [1.807, 2.05) is 0 Å². The molecular weight excluding hydrogens is 139 g/mol. The van der Waals surface area contributed by atoms with Crippen LogP contribution in [-0.4, -0.2) is 11.7 Å². The van der Waals surface area contributed by atoms with Crippen molar-refractivity contribution in [2.45, 2.75) is 6.17 Å². The molecule has 0 aromatic carbocycles. The summed E-state index contributed by atoms with van der Waals surface area (Å²) in [4.78, 5) is 0.595. The molecule has 1 heterocycles. The Morgan fingerprint density at radius 1 is 1.78 bits per heavy atom. The minimum absolute atomic E-state index is 0.416. The normalized spacial score (nSPS) is 13.6. The number of thiophene rings is 1. The second-order valence-electron chi connectivity index (χ2n) is 1.67. The molecule has 0 spiro atoms. The van der Waals surface area contributed by atoms with Crippen LogP contribution in [0.1, 0.15) is 11.0 Å². The Balaban J connectivity index is 2.65. The Labute approximate surface area is 56.8 Å². The van der Waals surface area contributed by atoms with Gasteiger partial charge in [-0.25, -0.2) is 4.39 Å². The van der Waals surface area contributed by atoms with Gasteiger partial charge in [0.1, 0.15) is 0 Å². The van der Waals surface area contributed by atoms with Crippen molar-refractivity contribution in [1.29, 1.82) is 0 Å². The van der Waals surface area contributed by atoms with Gasteiger partial charge in [-0.3, -0.25) is 0 Å². The molecule has 0 bridgehead atoms. The zero-order chi connectivity index (χ0) is 6.69. The van der Waals surface area contributed by atoms with Crippen LogP contribution in [-0.2, 0) is 0 Å². The van der Waals surface area contributed by atoms with Crippen LogP contribution in [0.5, 0.6) is 0 Å². The van der Waals surface area contributed by atoms with E-state index in [1.54, 1.807) is 17.5 Å². The molecule has 1 atom stereocenters. The lowest BCUT2D eigenvalue weighted by Crippen LogP contribution is -1.92. The summed E-state index contributed by atoms with van der Waals surface area (Å²) in [6.45, 7) is -0.416. The predicted molar refractivity (Wildman–Crippen MR) is 35.3 cm³/mol. The van der Waals surface area contributed by atoms with E-state index in [2.05, 4.69) is 0 Å². The molecule has 0 saturated carbocycles. The summed E-state index contributed by atoms with van der Waals surface area (Å²) in [5.41, 5.74) is 0. The van der Waals surface area contributed by atoms with Crippen LogP contribution in [0.4, 0.5) is 4.39 Å². The highest BCUT2D eigenvalue weighted by molar-refractivity contribution is 7.10. The van der Waals surface area contributed by atoms with Crippen LogP contribution in [0.25, 0.3) is 0 Å². The number of alkyl halides is 1. The van der Waals surface area contributed by atoms with Crippen molar-refractivity contribution < 1.29 is 9.50 Å². The molecule has 1 N–H and O–H groups in total. The number of aliphatic hydroxyl groups excluding tert-OH is 1. The first-order valence-electron chi connectivity index (χ1n) is 2.63. The fraction of sp³-hybridized carbons (Fsp3) is 0.333. The van der Waals surface area contributed by atoms with E-state index >= 15 is 0 Å². The van der Waals surface area contributed by atoms with E-state index < -0.39 is 12.8 Å². The van der Waals surface area contributed by atoms with Gasteiger partial charge in [0.2, 0.25) is 0 Å². The summed E-state index contributed by atoms with van der Waals surface area (Å²) in [5.74, 6) is 0. The van der Waals surface area contributed by atoms with Crippen molar-refractivity contribution in [3.8, 4) is 0 Å². The molecule has 1 nitrogen and oxygen atoms in total. The third-order valence-corrected chi connectivity index (χ3v) is 1.97. The van der Waals surface area contributed by atoms with Gasteiger partial charge >= 0.3 is 0 Å². The number of aliphatic hydroxyl groups is 1. The zero-order valence-electron chi connectivity index (χ0n) is 4.75. The maximum absolute atomic E-state index is 12.5. The summed E-state index contributed by atoms with van der Waals surface area (Å²) in [5, 5.41) is 10.1. The molecule has 0 radical (unpaired) electrons. The first-order valence-corrected chi connectivity index (χ1v) is 3.51. The summed E-state index contributed by atoms with van der Waals surface area (Å²) in [6.07, 6.45) is -1.19. The highest BCUT2D eigenvalue weighted by atomic mass is 32.1. The standard InChI is InChI=1S/C6H7FOS/c7-5(4-8)6-2-1-3-9-6/h1-3,5,8H,4H2. The van der Waals surface area contributed by atoms with E-state index in [9.17, 15) is 4.39 Å². The third kappa shape index (κ3) is 1.50. The lowest BCUT2D eigenvalue weighted by atomic mass is 10.3. The molecule has 50 valence electrons. The quantitative estimate of drug-likeness (QED) is 0.674. The third-order valence-electron chi connectivity index (χ3n) is 1.01. The molecular formula is C6H7FOS. The lowest BCUT2D eigenvalue weighted by molar-refractivity contribution is 0.182. The summed E-state index contributed by atoms with van der Waals surface area (Å²) in [6, 6.07) is 3.44. The van der Waals surface area contributed by atoms with Crippen LogP contribution < -0.4 is 0 Å². The van der Waals surface area contributed by atoms with Gasteiger partial charge in [0.05, 0.1) is 6.61 Å². The maximum atomic E-state index is 12.5. The van der Waals surface area contributed by atoms with Gasteiger partial charge in [0.15, 0.2) is 6.17 Å². The van der Waals surface area contributed by atoms with E-state index in [0.717, 1.165) is 0 Å². The highest BCUT2D eigenvalue weighted by Gasteiger charge is 2.06. The number of rotatable bonds is 2. The molecule has 1 unspecified atom stereocenters. The Hall–Kier alpha value is -0.410. The lowest BCUT2D eigenvalue weighted by Gasteiger charge is -1.97. The topological polar surface area (TPSA) is 20.2 Å². The zero-order valence-corrected chi connectivity index (χ0v) is 5.57. The number of hydrogen-bond donors (Lipinski definition) is 1. The van der Waals surface area contributed by atoms with Crippen LogP contribution in [0.2, 0.25) is 0 Å². The van der Waals surface area contributed by atoms with Gasteiger partial charge in [-0.2, -0.15) is 0 Å². The van der Waals surface area contributed by atoms with Gasteiger partial charge in [0, 0.05) is 4.88 Å². The van der Waals surface area contributed by atoms with Crippen molar-refractivity contribution in [2.24, 2.45) is 0 Å². The molecule has 1 aromatic heterocycles. The van der Waals surface area contributed by atoms with E-state index in [4.69, 9.17) is 5.11 Å². The van der Waals surface area contributed by atoms with Gasteiger partial charge in [-0.15, -0.1) is 11.3 Å². The van der Waals surface area contributed by atoms with Gasteiger partial charge in [-0.05, 0) is 11.4 Å². The van der Waals surface area contributed by atoms with Crippen molar-refractivity contribution in [1.82, 2.24) is 0 Å². The second kappa shape index (κ2) is 2.94. The Morgan fingerprint density at radius 2 is 2.56 bits per heavy atom. The fourth-order valence-electron chi connectivity index (χ4n) is 0.559. The molecule has 0 saturated heterocycles. The molecule has 0 fully saturated rings. The van der Waals surface area contributed by atoms with Crippen molar-refractivity contribution in [3.63, 3.8) is 0 Å². The molecule has 1 rings (SSSR count). The molecule has 0 aliphatic carbocycles. The number of halogens is 1. The molecule has 3 heteroatoms. The van der Waals surface area contributed by atoms with E-state index in [1.165, 1.54) is 11.3 Å². The fourth-order valence-corrected chi connectivity index (χ4v) is 1.25. The Morgan fingerprint density at radius 3 is 3.00 bits per heavy atom. The Bertz CT molecular complexity index is 162. The second-order valence-corrected chi connectivity index (χ2v) is 2.64. The van der Waals surface area contributed by atoms with Crippen molar-refractivity contribution in [2.75, 3.05) is 6.61 Å². The monoisotopic (exact) mass is 146 g/mol. The van der Waals surface area contributed by atoms with E-state index in [-0.39, 0.29) is 0 Å². The van der Waals surface area contributed by atoms with E-state index in [0.29, 0.717) is 4.88 Å². The van der Waals surface area contributed by atoms with Gasteiger partial charge in [-0.1, -0.05) is 6.07 Å². The summed E-state index contributed by atoms with van der Waals surface area (Å²) in [7, 11) is 0. The maximum Gasteiger partial charge on any atom is 0.157 e. The Kier molecular flexibility index (Phi) is 2.19. The molecule has 0 aliphatic rings. The first kappa shape index (κ1) is 6.71. The number of hydrogen-bond acceptors (Lipinski definition) is 2. The first-order chi connectivity index (χ1) is 4.34. The minimum Gasteiger partial charge on any atom is -0.393 e. The smallest absolute Gasteiger partial charge is 0.157 e. The van der Waals surface area contributed by atoms with Crippen molar-refractivity contribution >= 4 is 11.3 Å². The van der Waals surface area contributed by atoms with Crippen LogP contribution in [0.15, 0.2) is 17.5 Å². The van der Waals surface area contributed by atoms with Crippen molar-refractivity contribution in [3.05, 3.63) is 22.4 Å². The molecule has 0 amide bonds. The minimum atomic E-state index is -1.19. The summed E-state index contributed by atoms with van der Waals surface area (Å²) < 4.78 is 12.5. The van der Waals surface area contributed by atoms with Gasteiger partial charge < -0.3 is 5.11 Å². The van der Waals surface area contributed by atoms with Crippen LogP contribution in [0.3, 0.4) is 0 Å². The van der Waals surface area contributed by atoms with Gasteiger partial charge in [0.25, 0.3) is 0 Å². The molecule has 0 aliphatic heterocycles.